The van der Waals surface area contributed by atoms with Gasteiger partial charge in [0.15, 0.2) is 0 Å². The summed E-state index contributed by atoms with van der Waals surface area (Å²) in [6, 6.07) is 50.5. The van der Waals surface area contributed by atoms with Crippen molar-refractivity contribution in [2.45, 2.75) is 78.6 Å². The number of aryl methyl sites for hydroxylation is 1. The Kier molecular flexibility index (Phi) is 8.56. The molecule has 0 amide bonds. The van der Waals surface area contributed by atoms with Crippen molar-refractivity contribution in [1.82, 2.24) is 0 Å². The number of nitrogens with zero attached hydrogens (tertiary/aromatic N) is 2. The van der Waals surface area contributed by atoms with E-state index in [1.54, 1.807) is 0 Å². The lowest BCUT2D eigenvalue weighted by Gasteiger charge is -2.47. The summed E-state index contributed by atoms with van der Waals surface area (Å²) in [5.41, 5.74) is 21.3. The largest absolute Gasteiger partial charge is 0.310 e. The van der Waals surface area contributed by atoms with E-state index in [-0.39, 0.29) is 17.5 Å². The van der Waals surface area contributed by atoms with Gasteiger partial charge in [0, 0.05) is 49.1 Å². The summed E-state index contributed by atoms with van der Waals surface area (Å²) in [6.45, 7) is 17.1. The van der Waals surface area contributed by atoms with E-state index in [4.69, 9.17) is 0 Å². The van der Waals surface area contributed by atoms with Gasteiger partial charge in [-0.3, -0.25) is 0 Å². The van der Waals surface area contributed by atoms with Crippen LogP contribution >= 0.6 is 11.3 Å². The molecule has 2 nitrogen and oxygen atoms in total. The minimum Gasteiger partial charge on any atom is -0.310 e. The molecule has 11 rings (SSSR count). The van der Waals surface area contributed by atoms with Crippen LogP contribution in [0.3, 0.4) is 0 Å². The molecule has 1 unspecified atom stereocenters. The first-order valence-electron chi connectivity index (χ1n) is 22.1. The molecule has 2 aliphatic carbocycles. The fourth-order valence-corrected chi connectivity index (χ4v) is 12.4. The van der Waals surface area contributed by atoms with E-state index in [1.807, 2.05) is 0 Å². The third-order valence-electron chi connectivity index (χ3n) is 14.3. The van der Waals surface area contributed by atoms with Crippen LogP contribution < -0.4 is 25.5 Å². The van der Waals surface area contributed by atoms with Crippen molar-refractivity contribution in [2.75, 3.05) is 9.80 Å². The molecule has 0 saturated carbocycles. The van der Waals surface area contributed by atoms with Gasteiger partial charge in [-0.2, -0.15) is 11.3 Å². The van der Waals surface area contributed by atoms with Crippen LogP contribution in [0.4, 0.5) is 34.1 Å². The number of para-hydroxylation sites is 2. The second kappa shape index (κ2) is 13.7. The van der Waals surface area contributed by atoms with E-state index in [0.29, 0.717) is 11.8 Å². The number of hydrogen-bond acceptors (Lipinski definition) is 3. The first-order valence-corrected chi connectivity index (χ1v) is 22.9. The highest BCUT2D eigenvalue weighted by molar-refractivity contribution is 7.29. The van der Waals surface area contributed by atoms with Gasteiger partial charge in [-0.25, -0.2) is 0 Å². The molecule has 2 aliphatic heterocycles. The summed E-state index contributed by atoms with van der Waals surface area (Å²) in [6.07, 6.45) is 8.42. The first kappa shape index (κ1) is 37.4. The van der Waals surface area contributed by atoms with Crippen LogP contribution in [0.1, 0.15) is 81.5 Å². The van der Waals surface area contributed by atoms with E-state index < -0.39 is 0 Å². The van der Waals surface area contributed by atoms with Crippen LogP contribution in [0.5, 0.6) is 0 Å². The number of anilines is 6. The standard InChI is InChI=1S/C56H53BN2S/c1-35(2)39-26-27-43-50(32-39)60-54-53(43)58(40-22-15-10-16-23-40)48-30-36(3)31-49-51(48)57(54)46-33-44-45(56(6,7)29-28-55(44,4)5)34-47(46)59(49)52-41(37-18-11-8-12-19-37)24-17-25-42(52)38-20-13-9-14-21-38/h8-27,30-31,33-35,39H,28-29,32H2,1-7H3. The summed E-state index contributed by atoms with van der Waals surface area (Å²) in [7, 11) is 0. The van der Waals surface area contributed by atoms with Crippen molar-refractivity contribution < 1.29 is 0 Å². The van der Waals surface area contributed by atoms with Crippen LogP contribution in [0.25, 0.3) is 28.3 Å². The second-order valence-electron chi connectivity index (χ2n) is 19.4. The zero-order chi connectivity index (χ0) is 41.1. The smallest absolute Gasteiger partial charge is 0.264 e. The second-order valence-corrected chi connectivity index (χ2v) is 20.6. The number of thiophene rings is 1. The average molecular weight is 797 g/mol. The molecule has 0 fully saturated rings. The van der Waals surface area contributed by atoms with E-state index in [2.05, 4.69) is 215 Å². The third kappa shape index (κ3) is 5.67. The predicted octanol–water partition coefficient (Wildman–Crippen LogP) is 13.7. The Morgan fingerprint density at radius 2 is 1.20 bits per heavy atom. The maximum absolute atomic E-state index is 2.71. The van der Waals surface area contributed by atoms with Crippen molar-refractivity contribution in [2.24, 2.45) is 11.8 Å². The third-order valence-corrected chi connectivity index (χ3v) is 15.6. The van der Waals surface area contributed by atoms with Crippen molar-refractivity contribution in [3.8, 4) is 22.3 Å². The molecule has 7 aromatic rings. The van der Waals surface area contributed by atoms with E-state index in [0.717, 1.165) is 6.42 Å². The molecule has 296 valence electrons. The number of allylic oxidation sites excluding steroid dienone is 1. The minimum atomic E-state index is 0.0469. The van der Waals surface area contributed by atoms with Gasteiger partial charge in [-0.05, 0) is 118 Å². The van der Waals surface area contributed by atoms with E-state index in [9.17, 15) is 0 Å². The summed E-state index contributed by atoms with van der Waals surface area (Å²) >= 11 is 2.09. The molecule has 3 heterocycles. The molecule has 0 saturated heterocycles. The quantitative estimate of drug-likeness (QED) is 0.160. The molecular formula is C56H53BN2S. The van der Waals surface area contributed by atoms with Gasteiger partial charge in [-0.15, -0.1) is 0 Å². The van der Waals surface area contributed by atoms with Crippen LogP contribution in [0.2, 0.25) is 0 Å². The fourth-order valence-electron chi connectivity index (χ4n) is 10.9. The molecule has 4 aliphatic rings. The van der Waals surface area contributed by atoms with Crippen molar-refractivity contribution in [3.63, 3.8) is 0 Å². The van der Waals surface area contributed by atoms with Crippen LogP contribution in [0, 0.1) is 18.8 Å². The number of hydrogen-bond donors (Lipinski definition) is 0. The summed E-state index contributed by atoms with van der Waals surface area (Å²) in [5.74, 6) is 1.13. The fraction of sp³-hybridized carbons (Fsp3) is 0.250. The van der Waals surface area contributed by atoms with Crippen molar-refractivity contribution in [3.05, 3.63) is 167 Å². The topological polar surface area (TPSA) is 6.48 Å². The van der Waals surface area contributed by atoms with E-state index >= 15 is 0 Å². The number of fused-ring (bicyclic) bond motifs is 7. The molecule has 0 radical (unpaired) electrons. The summed E-state index contributed by atoms with van der Waals surface area (Å²) in [4.78, 5) is 6.86. The molecule has 0 N–H and O–H groups in total. The first-order chi connectivity index (χ1) is 29.0. The lowest BCUT2D eigenvalue weighted by molar-refractivity contribution is 0.332. The lowest BCUT2D eigenvalue weighted by Crippen LogP contribution is -2.61. The highest BCUT2D eigenvalue weighted by atomic mass is 32.1. The average Bonchev–Trinajstić information content (AvgIpc) is 3.64. The molecule has 4 heteroatoms. The zero-order valence-electron chi connectivity index (χ0n) is 36.0. The molecule has 0 bridgehead atoms. The van der Waals surface area contributed by atoms with Crippen LogP contribution in [-0.4, -0.2) is 6.71 Å². The SMILES string of the molecule is Cc1cc2c3c(c1)N(c1c(-c4ccccc4)cccc1-c1ccccc1)c1cc4c(cc1B3c1sc3c(c1N2c1ccccc1)C=CC(C(C)C)C3)C(C)(C)CCC4(C)C. The Bertz CT molecular complexity index is 2790. The van der Waals surface area contributed by atoms with Crippen molar-refractivity contribution >= 4 is 74.0 Å². The number of benzene rings is 6. The Balaban J connectivity index is 1.30. The normalized spacial score (nSPS) is 17.8. The molecule has 6 aromatic carbocycles. The summed E-state index contributed by atoms with van der Waals surface area (Å²) in [5, 5.41) is 0. The lowest BCUT2D eigenvalue weighted by atomic mass is 9.35. The molecule has 1 atom stereocenters. The van der Waals surface area contributed by atoms with Gasteiger partial charge in [0.2, 0.25) is 0 Å². The van der Waals surface area contributed by atoms with E-state index in [1.165, 1.54) is 112 Å². The van der Waals surface area contributed by atoms with Crippen molar-refractivity contribution in [1.29, 1.82) is 0 Å². The van der Waals surface area contributed by atoms with Gasteiger partial charge in [0.25, 0.3) is 6.71 Å². The van der Waals surface area contributed by atoms with Gasteiger partial charge < -0.3 is 9.80 Å². The van der Waals surface area contributed by atoms with Gasteiger partial charge in [0.1, 0.15) is 0 Å². The molecule has 1 aromatic heterocycles. The molecule has 60 heavy (non-hydrogen) atoms. The Hall–Kier alpha value is -5.58. The monoisotopic (exact) mass is 796 g/mol. The Labute approximate surface area is 361 Å². The van der Waals surface area contributed by atoms with Gasteiger partial charge in [-0.1, -0.05) is 157 Å². The van der Waals surface area contributed by atoms with Crippen LogP contribution in [0.15, 0.2) is 140 Å². The molecular weight excluding hydrogens is 744 g/mol. The highest BCUT2D eigenvalue weighted by Crippen LogP contribution is 2.54. The summed E-state index contributed by atoms with van der Waals surface area (Å²) < 4.78 is 1.48. The predicted molar refractivity (Wildman–Crippen MR) is 260 cm³/mol. The van der Waals surface area contributed by atoms with Crippen LogP contribution in [-0.2, 0) is 17.3 Å². The highest BCUT2D eigenvalue weighted by Gasteiger charge is 2.49. The maximum Gasteiger partial charge on any atom is 0.264 e. The van der Waals surface area contributed by atoms with Gasteiger partial charge in [0.05, 0.1) is 11.4 Å². The minimum absolute atomic E-state index is 0.0469. The number of rotatable bonds is 5. The zero-order valence-corrected chi connectivity index (χ0v) is 36.8. The molecule has 0 spiro atoms. The Morgan fingerprint density at radius 1 is 0.633 bits per heavy atom. The van der Waals surface area contributed by atoms with Gasteiger partial charge >= 0.3 is 0 Å². The Morgan fingerprint density at radius 3 is 1.80 bits per heavy atom. The maximum atomic E-state index is 2.71.